The third kappa shape index (κ3) is 5.31. The smallest absolute Gasteiger partial charge is 0.133 e. The molecule has 160 valence electrons. The molecule has 1 N–H and O–H groups in total. The Balaban J connectivity index is 1.87. The summed E-state index contributed by atoms with van der Waals surface area (Å²) >= 11 is 0. The van der Waals surface area contributed by atoms with Gasteiger partial charge in [-0.15, -0.1) is 0 Å². The van der Waals surface area contributed by atoms with Gasteiger partial charge in [-0.1, -0.05) is 0 Å². The number of hydrogen-bond donors (Lipinski definition) is 1. The minimum absolute atomic E-state index is 0.0172. The second-order valence-electron chi connectivity index (χ2n) is 9.37. The Kier molecular flexibility index (Phi) is 6.55. The van der Waals surface area contributed by atoms with Gasteiger partial charge in [0, 0.05) is 43.4 Å². The summed E-state index contributed by atoms with van der Waals surface area (Å²) in [7, 11) is 0. The molecule has 5 heteroatoms. The molecule has 0 saturated heterocycles. The molecule has 0 bridgehead atoms. The van der Waals surface area contributed by atoms with Crippen molar-refractivity contribution in [1.82, 2.24) is 0 Å². The molecule has 1 atom stereocenters. The average Bonchev–Trinajstić information content (AvgIpc) is 2.61. The van der Waals surface area contributed by atoms with Crippen LogP contribution in [0.5, 0.6) is 17.2 Å². The van der Waals surface area contributed by atoms with E-state index in [1.54, 1.807) is 6.07 Å². The summed E-state index contributed by atoms with van der Waals surface area (Å²) in [5.74, 6) is 2.13. The van der Waals surface area contributed by atoms with E-state index in [4.69, 9.17) is 9.47 Å². The fourth-order valence-electron chi connectivity index (χ4n) is 4.70. The van der Waals surface area contributed by atoms with Crippen LogP contribution in [0.3, 0.4) is 0 Å². The second-order valence-corrected chi connectivity index (χ2v) is 9.37. The Morgan fingerprint density at radius 2 is 1.72 bits per heavy atom. The molecule has 3 rings (SSSR count). The van der Waals surface area contributed by atoms with E-state index in [9.17, 15) is 14.7 Å². The van der Waals surface area contributed by atoms with Gasteiger partial charge in [0.25, 0.3) is 0 Å². The highest BCUT2D eigenvalue weighted by Gasteiger charge is 2.35. The first kappa shape index (κ1) is 21.7. The molecule has 2 aliphatic rings. The topological polar surface area (TPSA) is 72.8 Å². The zero-order chi connectivity index (χ0) is 21.2. The van der Waals surface area contributed by atoms with E-state index >= 15 is 0 Å². The summed E-state index contributed by atoms with van der Waals surface area (Å²) in [6.07, 6.45) is 5.61. The van der Waals surface area contributed by atoms with Crippen molar-refractivity contribution >= 4 is 11.6 Å². The van der Waals surface area contributed by atoms with Gasteiger partial charge in [0.1, 0.15) is 34.4 Å². The molecule has 0 amide bonds. The maximum atomic E-state index is 12.0. The molecule has 1 aromatic rings. The molecule has 0 heterocycles. The molecule has 0 spiro atoms. The van der Waals surface area contributed by atoms with Crippen LogP contribution in [0.2, 0.25) is 0 Å². The van der Waals surface area contributed by atoms with E-state index < -0.39 is 5.60 Å². The zero-order valence-corrected chi connectivity index (χ0v) is 18.1. The summed E-state index contributed by atoms with van der Waals surface area (Å²) in [4.78, 5) is 23.6. The van der Waals surface area contributed by atoms with Crippen LogP contribution in [-0.2, 0) is 9.59 Å². The minimum Gasteiger partial charge on any atom is -0.507 e. The molecule has 5 nitrogen and oxygen atoms in total. The van der Waals surface area contributed by atoms with Gasteiger partial charge in [-0.3, -0.25) is 9.59 Å². The predicted octanol–water partition coefficient (Wildman–Crippen LogP) is 5.32. The first-order valence-electron chi connectivity index (χ1n) is 10.9. The van der Waals surface area contributed by atoms with Crippen molar-refractivity contribution in [3.63, 3.8) is 0 Å². The third-order valence-corrected chi connectivity index (χ3v) is 6.25. The molecular weight excluding hydrogens is 368 g/mol. The molecular formula is C24H34O5. The number of Topliss-reactive ketones (excluding diaryl/α,β-unsaturated/α-hetero) is 2. The van der Waals surface area contributed by atoms with E-state index in [-0.39, 0.29) is 29.5 Å². The number of carbonyl (C=O) groups is 2. The lowest BCUT2D eigenvalue weighted by atomic mass is 9.78. The molecule has 2 saturated carbocycles. The lowest BCUT2D eigenvalue weighted by molar-refractivity contribution is -0.122. The van der Waals surface area contributed by atoms with Crippen LogP contribution in [0.4, 0.5) is 0 Å². The van der Waals surface area contributed by atoms with Crippen molar-refractivity contribution in [2.45, 2.75) is 96.7 Å². The lowest BCUT2D eigenvalue weighted by Gasteiger charge is -2.37. The molecule has 0 aromatic heterocycles. The van der Waals surface area contributed by atoms with E-state index in [0.717, 1.165) is 31.2 Å². The maximum absolute atomic E-state index is 12.0. The van der Waals surface area contributed by atoms with Gasteiger partial charge >= 0.3 is 0 Å². The van der Waals surface area contributed by atoms with Crippen LogP contribution in [0.15, 0.2) is 12.1 Å². The van der Waals surface area contributed by atoms with Crippen LogP contribution in [0, 0.1) is 5.92 Å². The van der Waals surface area contributed by atoms with Crippen LogP contribution in [0.1, 0.15) is 90.5 Å². The summed E-state index contributed by atoms with van der Waals surface area (Å²) < 4.78 is 12.4. The first-order chi connectivity index (χ1) is 13.7. The SMILES string of the molecule is CC(C)Oc1cc(OC(C)(C)C2CCC(=O)CC2)cc(O)c1C1CCCC(=O)C1. The molecule has 1 unspecified atom stereocenters. The number of rotatable bonds is 6. The number of ketones is 2. The monoisotopic (exact) mass is 402 g/mol. The number of benzene rings is 1. The van der Waals surface area contributed by atoms with Crippen molar-refractivity contribution < 1.29 is 24.2 Å². The van der Waals surface area contributed by atoms with Gasteiger partial charge in [-0.05, 0) is 65.2 Å². The minimum atomic E-state index is -0.454. The van der Waals surface area contributed by atoms with Crippen molar-refractivity contribution in [3.05, 3.63) is 17.7 Å². The predicted molar refractivity (Wildman–Crippen MR) is 112 cm³/mol. The third-order valence-electron chi connectivity index (χ3n) is 6.25. The maximum Gasteiger partial charge on any atom is 0.133 e. The van der Waals surface area contributed by atoms with Gasteiger partial charge in [0.05, 0.1) is 6.10 Å². The standard InChI is InChI=1S/C24H34O5/c1-15(2)28-22-14-20(29-24(3,4)17-8-10-18(25)11-9-17)13-21(27)23(22)16-6-5-7-19(26)12-16/h13-17,27H,5-12H2,1-4H3. The van der Waals surface area contributed by atoms with Crippen molar-refractivity contribution in [1.29, 1.82) is 0 Å². The highest BCUT2D eigenvalue weighted by atomic mass is 16.5. The summed E-state index contributed by atoms with van der Waals surface area (Å²) in [6.45, 7) is 7.98. The van der Waals surface area contributed by atoms with Crippen molar-refractivity contribution in [2.24, 2.45) is 5.92 Å². The van der Waals surface area contributed by atoms with Gasteiger partial charge in [-0.2, -0.15) is 0 Å². The molecule has 0 radical (unpaired) electrons. The number of phenols is 1. The fourth-order valence-corrected chi connectivity index (χ4v) is 4.70. The summed E-state index contributed by atoms with van der Waals surface area (Å²) in [5, 5.41) is 10.8. The second kappa shape index (κ2) is 8.76. The Bertz CT molecular complexity index is 755. The zero-order valence-electron chi connectivity index (χ0n) is 18.1. The van der Waals surface area contributed by atoms with Crippen LogP contribution in [-0.4, -0.2) is 28.4 Å². The van der Waals surface area contributed by atoms with Crippen LogP contribution < -0.4 is 9.47 Å². The number of ether oxygens (including phenoxy) is 2. The van der Waals surface area contributed by atoms with Crippen molar-refractivity contribution in [2.75, 3.05) is 0 Å². The van der Waals surface area contributed by atoms with Gasteiger partial charge in [0.2, 0.25) is 0 Å². The Hall–Kier alpha value is -2.04. The Labute approximate surface area is 173 Å². The number of hydrogen-bond acceptors (Lipinski definition) is 5. The fraction of sp³-hybridized carbons (Fsp3) is 0.667. The normalized spacial score (nSPS) is 21.5. The molecule has 2 aliphatic carbocycles. The highest BCUT2D eigenvalue weighted by molar-refractivity contribution is 5.80. The molecule has 2 fully saturated rings. The largest absolute Gasteiger partial charge is 0.507 e. The number of carbonyl (C=O) groups excluding carboxylic acids is 2. The van der Waals surface area contributed by atoms with Crippen molar-refractivity contribution in [3.8, 4) is 17.2 Å². The Morgan fingerprint density at radius 1 is 1.03 bits per heavy atom. The summed E-state index contributed by atoms with van der Waals surface area (Å²) in [5.41, 5.74) is 0.269. The van der Waals surface area contributed by atoms with E-state index in [0.29, 0.717) is 43.0 Å². The van der Waals surface area contributed by atoms with E-state index in [1.165, 1.54) is 0 Å². The van der Waals surface area contributed by atoms with Crippen LogP contribution in [0.25, 0.3) is 0 Å². The summed E-state index contributed by atoms with van der Waals surface area (Å²) in [6, 6.07) is 3.50. The Morgan fingerprint density at radius 3 is 2.34 bits per heavy atom. The van der Waals surface area contributed by atoms with Gasteiger partial charge in [0.15, 0.2) is 0 Å². The van der Waals surface area contributed by atoms with Crippen LogP contribution >= 0.6 is 0 Å². The molecule has 0 aliphatic heterocycles. The molecule has 1 aromatic carbocycles. The first-order valence-corrected chi connectivity index (χ1v) is 10.9. The van der Waals surface area contributed by atoms with Gasteiger partial charge < -0.3 is 14.6 Å². The van der Waals surface area contributed by atoms with Gasteiger partial charge in [-0.25, -0.2) is 0 Å². The average molecular weight is 403 g/mol. The van der Waals surface area contributed by atoms with E-state index in [2.05, 4.69) is 0 Å². The number of phenolic OH excluding ortho intramolecular Hbond substituents is 1. The highest BCUT2D eigenvalue weighted by Crippen LogP contribution is 2.45. The molecule has 29 heavy (non-hydrogen) atoms. The lowest BCUT2D eigenvalue weighted by Crippen LogP contribution is -2.39. The van der Waals surface area contributed by atoms with E-state index in [1.807, 2.05) is 33.8 Å². The quantitative estimate of drug-likeness (QED) is 0.697. The number of aromatic hydroxyl groups is 1.